The number of pyridine rings is 1. The fraction of sp³-hybridized carbons (Fsp3) is 0.381. The fourth-order valence-corrected chi connectivity index (χ4v) is 4.59. The maximum atomic E-state index is 11.5. The van der Waals surface area contributed by atoms with Crippen molar-refractivity contribution in [2.45, 2.75) is 19.3 Å². The van der Waals surface area contributed by atoms with Gasteiger partial charge in [-0.05, 0) is 61.1 Å². The van der Waals surface area contributed by atoms with Crippen molar-refractivity contribution in [2.75, 3.05) is 37.6 Å². The van der Waals surface area contributed by atoms with Gasteiger partial charge in [-0.1, -0.05) is 18.2 Å². The first-order chi connectivity index (χ1) is 13.7. The van der Waals surface area contributed by atoms with Crippen LogP contribution in [0.4, 0.5) is 5.82 Å². The number of benzene rings is 1. The predicted octanol–water partition coefficient (Wildman–Crippen LogP) is 2.94. The number of carbonyl (C=O) groups is 1. The number of primary amides is 1. The number of nitrogens with zero attached hydrogens (tertiary/aromatic N) is 4. The zero-order valence-electron chi connectivity index (χ0n) is 15.9. The Morgan fingerprint density at radius 1 is 1.07 bits per heavy atom. The molecule has 0 aliphatic carbocycles. The van der Waals surface area contributed by atoms with Gasteiger partial charge in [0.1, 0.15) is 11.5 Å². The summed E-state index contributed by atoms with van der Waals surface area (Å²) in [5, 5.41) is 1.27. The van der Waals surface area contributed by atoms with Crippen LogP contribution in [0.25, 0.3) is 10.1 Å². The first-order valence-corrected chi connectivity index (χ1v) is 10.5. The molecule has 7 heteroatoms. The van der Waals surface area contributed by atoms with Gasteiger partial charge in [0.15, 0.2) is 0 Å². The summed E-state index contributed by atoms with van der Waals surface area (Å²) >= 11 is 1.58. The molecular weight excluding hydrogens is 370 g/mol. The number of aromatic nitrogens is 2. The second-order valence-electron chi connectivity index (χ2n) is 7.16. The Hall–Kier alpha value is -2.51. The van der Waals surface area contributed by atoms with Crippen LogP contribution in [0.3, 0.4) is 0 Å². The van der Waals surface area contributed by atoms with Crippen molar-refractivity contribution in [3.05, 3.63) is 53.9 Å². The molecule has 0 bridgehead atoms. The molecule has 4 rings (SSSR count). The van der Waals surface area contributed by atoms with Gasteiger partial charge in [-0.2, -0.15) is 4.37 Å². The number of unbranched alkanes of at least 4 members (excludes halogenated alkanes) is 1. The highest BCUT2D eigenvalue weighted by Crippen LogP contribution is 2.29. The van der Waals surface area contributed by atoms with Crippen LogP contribution in [0.5, 0.6) is 0 Å². The van der Waals surface area contributed by atoms with E-state index in [4.69, 9.17) is 5.73 Å². The van der Waals surface area contributed by atoms with E-state index in [1.807, 2.05) is 12.1 Å². The van der Waals surface area contributed by atoms with Gasteiger partial charge >= 0.3 is 0 Å². The lowest BCUT2D eigenvalue weighted by molar-refractivity contribution is 0.0994. The van der Waals surface area contributed by atoms with E-state index < -0.39 is 5.91 Å². The summed E-state index contributed by atoms with van der Waals surface area (Å²) < 4.78 is 5.94. The van der Waals surface area contributed by atoms with E-state index in [1.165, 1.54) is 10.1 Å². The van der Waals surface area contributed by atoms with Crippen molar-refractivity contribution in [3.63, 3.8) is 0 Å². The predicted molar refractivity (Wildman–Crippen MR) is 114 cm³/mol. The van der Waals surface area contributed by atoms with Crippen LogP contribution < -0.4 is 10.6 Å². The summed E-state index contributed by atoms with van der Waals surface area (Å²) in [6.45, 7) is 5.23. The highest BCUT2D eigenvalue weighted by Gasteiger charge is 2.20. The number of aryl methyl sites for hydroxylation is 1. The van der Waals surface area contributed by atoms with Gasteiger partial charge in [-0.25, -0.2) is 0 Å². The summed E-state index contributed by atoms with van der Waals surface area (Å²) in [5.41, 5.74) is 6.77. The number of rotatable bonds is 7. The molecule has 0 spiro atoms. The molecule has 28 heavy (non-hydrogen) atoms. The Morgan fingerprint density at radius 2 is 1.89 bits per heavy atom. The van der Waals surface area contributed by atoms with Crippen molar-refractivity contribution < 1.29 is 4.79 Å². The molecule has 0 atom stereocenters. The highest BCUT2D eigenvalue weighted by atomic mass is 32.1. The Bertz CT molecular complexity index is 949. The number of hydrogen-bond donors (Lipinski definition) is 1. The van der Waals surface area contributed by atoms with Gasteiger partial charge < -0.3 is 10.6 Å². The van der Waals surface area contributed by atoms with E-state index in [1.54, 1.807) is 17.7 Å². The molecule has 0 radical (unpaired) electrons. The third kappa shape index (κ3) is 4.15. The Labute approximate surface area is 169 Å². The lowest BCUT2D eigenvalue weighted by atomic mass is 10.1. The Balaban J connectivity index is 1.24. The lowest BCUT2D eigenvalue weighted by Gasteiger charge is -2.35. The zero-order chi connectivity index (χ0) is 19.3. The van der Waals surface area contributed by atoms with E-state index in [0.29, 0.717) is 5.69 Å². The standard InChI is InChI=1S/C21H25N5OS/c22-20(27)19-16(7-5-10-23-19)6-3-4-11-25-12-14-26(15-13-25)21-17-8-1-2-9-18(17)28-24-21/h1-2,5,7-10H,3-4,6,11-15H2,(H2,22,27). The van der Waals surface area contributed by atoms with Crippen LogP contribution in [0.15, 0.2) is 42.6 Å². The van der Waals surface area contributed by atoms with Crippen LogP contribution in [0.2, 0.25) is 0 Å². The van der Waals surface area contributed by atoms with Crippen LogP contribution in [0, 0.1) is 0 Å². The molecular formula is C21H25N5OS. The molecule has 6 nitrogen and oxygen atoms in total. The molecule has 1 aliphatic rings. The monoisotopic (exact) mass is 395 g/mol. The topological polar surface area (TPSA) is 75.4 Å². The minimum Gasteiger partial charge on any atom is -0.364 e. The van der Waals surface area contributed by atoms with Crippen molar-refractivity contribution in [2.24, 2.45) is 5.73 Å². The van der Waals surface area contributed by atoms with Gasteiger partial charge in [0, 0.05) is 37.8 Å². The van der Waals surface area contributed by atoms with Crippen molar-refractivity contribution in [1.29, 1.82) is 0 Å². The van der Waals surface area contributed by atoms with Gasteiger partial charge in [0.05, 0.1) is 4.70 Å². The Kier molecular flexibility index (Phi) is 5.83. The molecule has 0 unspecified atom stereocenters. The van der Waals surface area contributed by atoms with E-state index in [2.05, 4.69) is 43.4 Å². The van der Waals surface area contributed by atoms with E-state index in [-0.39, 0.29) is 0 Å². The summed E-state index contributed by atoms with van der Waals surface area (Å²) in [6.07, 6.45) is 4.60. The smallest absolute Gasteiger partial charge is 0.267 e. The van der Waals surface area contributed by atoms with Gasteiger partial charge in [0.25, 0.3) is 5.91 Å². The average Bonchev–Trinajstić information content (AvgIpc) is 3.16. The molecule has 3 aromatic rings. The number of anilines is 1. The van der Waals surface area contributed by atoms with Gasteiger partial charge in [0.2, 0.25) is 0 Å². The lowest BCUT2D eigenvalue weighted by Crippen LogP contribution is -2.46. The number of amides is 1. The largest absolute Gasteiger partial charge is 0.364 e. The van der Waals surface area contributed by atoms with E-state index >= 15 is 0 Å². The minimum atomic E-state index is -0.443. The first-order valence-electron chi connectivity index (χ1n) is 9.78. The molecule has 1 fully saturated rings. The molecule has 2 aromatic heterocycles. The number of fused-ring (bicyclic) bond motifs is 1. The second-order valence-corrected chi connectivity index (χ2v) is 7.97. The molecule has 0 saturated carbocycles. The van der Waals surface area contributed by atoms with Crippen molar-refractivity contribution in [1.82, 2.24) is 14.3 Å². The Morgan fingerprint density at radius 3 is 2.71 bits per heavy atom. The fourth-order valence-electron chi connectivity index (χ4n) is 3.80. The third-order valence-electron chi connectivity index (χ3n) is 5.33. The summed E-state index contributed by atoms with van der Waals surface area (Å²) in [5.74, 6) is 0.692. The molecule has 1 aliphatic heterocycles. The summed E-state index contributed by atoms with van der Waals surface area (Å²) in [4.78, 5) is 20.5. The number of piperazine rings is 1. The van der Waals surface area contributed by atoms with Crippen LogP contribution in [-0.4, -0.2) is 52.9 Å². The molecule has 2 N–H and O–H groups in total. The first kappa shape index (κ1) is 18.8. The zero-order valence-corrected chi connectivity index (χ0v) is 16.7. The second kappa shape index (κ2) is 8.67. The highest BCUT2D eigenvalue weighted by molar-refractivity contribution is 7.13. The number of carbonyl (C=O) groups excluding carboxylic acids is 1. The molecule has 1 amide bonds. The van der Waals surface area contributed by atoms with Crippen molar-refractivity contribution in [3.8, 4) is 0 Å². The summed E-state index contributed by atoms with van der Waals surface area (Å²) in [7, 11) is 0. The summed E-state index contributed by atoms with van der Waals surface area (Å²) in [6, 6.07) is 12.3. The number of nitrogens with two attached hydrogens (primary N) is 1. The normalized spacial score (nSPS) is 15.2. The maximum Gasteiger partial charge on any atom is 0.267 e. The SMILES string of the molecule is NC(=O)c1ncccc1CCCCN1CCN(c2nsc3ccccc23)CC1. The number of hydrogen-bond acceptors (Lipinski definition) is 6. The molecule has 146 valence electrons. The van der Waals surface area contributed by atoms with Crippen LogP contribution in [0.1, 0.15) is 28.9 Å². The van der Waals surface area contributed by atoms with Crippen LogP contribution >= 0.6 is 11.5 Å². The van der Waals surface area contributed by atoms with Crippen LogP contribution in [-0.2, 0) is 6.42 Å². The van der Waals surface area contributed by atoms with Gasteiger partial charge in [-0.15, -0.1) is 0 Å². The molecule has 1 aromatic carbocycles. The van der Waals surface area contributed by atoms with Gasteiger partial charge in [-0.3, -0.25) is 14.7 Å². The molecule has 3 heterocycles. The van der Waals surface area contributed by atoms with E-state index in [9.17, 15) is 4.79 Å². The minimum absolute atomic E-state index is 0.409. The maximum absolute atomic E-state index is 11.5. The van der Waals surface area contributed by atoms with E-state index in [0.717, 1.165) is 63.4 Å². The molecule has 1 saturated heterocycles. The average molecular weight is 396 g/mol. The third-order valence-corrected chi connectivity index (χ3v) is 6.14. The quantitative estimate of drug-likeness (QED) is 0.623. The van der Waals surface area contributed by atoms with Crippen molar-refractivity contribution >= 4 is 33.3 Å².